The van der Waals surface area contributed by atoms with E-state index < -0.39 is 0 Å². The Labute approximate surface area is 247 Å². The van der Waals surface area contributed by atoms with Crippen molar-refractivity contribution in [1.29, 1.82) is 0 Å². The molecule has 0 amide bonds. The first-order valence-electron chi connectivity index (χ1n) is 15.0. The lowest BCUT2D eigenvalue weighted by Crippen LogP contribution is -2.38. The van der Waals surface area contributed by atoms with E-state index >= 15 is 0 Å². The van der Waals surface area contributed by atoms with Gasteiger partial charge in [-0.2, -0.15) is 0 Å². The number of rotatable bonds is 6. The number of halogens is 1. The number of likely N-dealkylation sites (tertiary alicyclic amines) is 1. The molecule has 2 aromatic heterocycles. The quantitative estimate of drug-likeness (QED) is 0.249. The summed E-state index contributed by atoms with van der Waals surface area (Å²) in [6.45, 7) is 12.1. The molecular formula is C34H39ClN4O2. The number of ether oxygens (including phenoxy) is 2. The van der Waals surface area contributed by atoms with Crippen molar-refractivity contribution in [3.8, 4) is 5.75 Å². The monoisotopic (exact) mass is 570 g/mol. The number of piperidine rings is 1. The fraction of sp³-hybridized carbons (Fsp3) is 0.471. The largest absolute Gasteiger partial charge is 0.493 e. The van der Waals surface area contributed by atoms with E-state index in [0.717, 1.165) is 85.5 Å². The zero-order valence-electron chi connectivity index (χ0n) is 24.3. The third-order valence-corrected chi connectivity index (χ3v) is 9.89. The summed E-state index contributed by atoms with van der Waals surface area (Å²) < 4.78 is 14.5. The fourth-order valence-electron chi connectivity index (χ4n) is 7.15. The molecule has 6 nitrogen and oxygen atoms in total. The van der Waals surface area contributed by atoms with Crippen molar-refractivity contribution in [2.75, 3.05) is 26.3 Å². The molecule has 0 aliphatic carbocycles. The average Bonchev–Trinajstić information content (AvgIpc) is 3.27. The maximum Gasteiger partial charge on any atom is 0.160 e. The summed E-state index contributed by atoms with van der Waals surface area (Å²) in [4.78, 5) is 12.4. The molecular weight excluding hydrogens is 532 g/mol. The molecule has 3 aliphatic heterocycles. The Kier molecular flexibility index (Phi) is 7.04. The van der Waals surface area contributed by atoms with Crippen LogP contribution in [0.25, 0.3) is 11.2 Å². The van der Waals surface area contributed by atoms with Crippen LogP contribution < -0.4 is 4.74 Å². The topological polar surface area (TPSA) is 52.4 Å². The average molecular weight is 571 g/mol. The first-order valence-corrected chi connectivity index (χ1v) is 15.4. The van der Waals surface area contributed by atoms with Gasteiger partial charge in [-0.3, -0.25) is 4.90 Å². The van der Waals surface area contributed by atoms with Crippen LogP contribution in [0.5, 0.6) is 5.75 Å². The van der Waals surface area contributed by atoms with Crippen LogP contribution in [-0.2, 0) is 23.2 Å². The molecule has 214 valence electrons. The number of hydrogen-bond acceptors (Lipinski definition) is 5. The lowest BCUT2D eigenvalue weighted by atomic mass is 9.66. The first-order chi connectivity index (χ1) is 19.9. The van der Waals surface area contributed by atoms with Gasteiger partial charge in [0, 0.05) is 34.2 Å². The number of benzene rings is 2. The smallest absolute Gasteiger partial charge is 0.160 e. The molecule has 0 N–H and O–H groups in total. The van der Waals surface area contributed by atoms with Crippen molar-refractivity contribution in [3.05, 3.63) is 87.8 Å². The van der Waals surface area contributed by atoms with Crippen molar-refractivity contribution >= 4 is 22.8 Å². The van der Waals surface area contributed by atoms with E-state index in [1.807, 2.05) is 19.1 Å². The van der Waals surface area contributed by atoms with E-state index in [1.165, 1.54) is 16.7 Å². The number of fused-ring (bicyclic) bond motifs is 2. The number of aromatic nitrogens is 3. The van der Waals surface area contributed by atoms with Gasteiger partial charge in [0.15, 0.2) is 5.65 Å². The molecule has 0 bridgehead atoms. The minimum atomic E-state index is -0.0469. The van der Waals surface area contributed by atoms with Crippen LogP contribution in [0.3, 0.4) is 0 Å². The Hall–Kier alpha value is -2.93. The van der Waals surface area contributed by atoms with E-state index in [2.05, 4.69) is 65.8 Å². The summed E-state index contributed by atoms with van der Waals surface area (Å²) in [6.07, 6.45) is 3.63. The molecule has 4 aromatic rings. The van der Waals surface area contributed by atoms with E-state index in [1.54, 1.807) is 0 Å². The summed E-state index contributed by atoms with van der Waals surface area (Å²) >= 11 is 6.21. The molecule has 3 aliphatic rings. The molecule has 41 heavy (non-hydrogen) atoms. The van der Waals surface area contributed by atoms with Crippen LogP contribution in [0, 0.1) is 6.92 Å². The number of nitrogens with zero attached hydrogens (tertiary/aromatic N) is 4. The summed E-state index contributed by atoms with van der Waals surface area (Å²) in [5.41, 5.74) is 7.07. The summed E-state index contributed by atoms with van der Waals surface area (Å²) in [6, 6.07) is 19.1. The highest BCUT2D eigenvalue weighted by Crippen LogP contribution is 2.50. The van der Waals surface area contributed by atoms with Gasteiger partial charge >= 0.3 is 0 Å². The highest BCUT2D eigenvalue weighted by atomic mass is 35.5. The second-order valence-electron chi connectivity index (χ2n) is 12.6. The van der Waals surface area contributed by atoms with E-state index in [0.29, 0.717) is 12.5 Å². The summed E-state index contributed by atoms with van der Waals surface area (Å²) in [5.74, 6) is 2.94. The zero-order valence-corrected chi connectivity index (χ0v) is 25.0. The molecule has 2 atom stereocenters. The standard InChI is InChI=1S/C34H39ClN4O2/c1-22-7-12-29-33(36-22)39(19-26-15-18-40-26)31(37-29)20-38-16-13-23(14-17-38)27-5-4-6-30-32(27)34(2,3)28(21-41-30)24-8-10-25(35)11-9-24/h4-12,23,26,28H,13-21H2,1-3H3. The van der Waals surface area contributed by atoms with Gasteiger partial charge in [-0.15, -0.1) is 0 Å². The molecule has 7 rings (SSSR count). The Morgan fingerprint density at radius 3 is 2.49 bits per heavy atom. The SMILES string of the molecule is Cc1ccc2nc(CN3CCC(c4cccc5c4C(C)(C)C(c4ccc(Cl)cc4)CO5)CC3)n(CC3CCO3)c2n1. The number of pyridine rings is 1. The molecule has 0 spiro atoms. The maximum absolute atomic E-state index is 6.41. The van der Waals surface area contributed by atoms with Crippen molar-refractivity contribution < 1.29 is 9.47 Å². The Balaban J connectivity index is 1.10. The van der Waals surface area contributed by atoms with Gasteiger partial charge in [-0.1, -0.05) is 49.7 Å². The molecule has 2 fully saturated rings. The van der Waals surface area contributed by atoms with Crippen LogP contribution >= 0.6 is 11.6 Å². The van der Waals surface area contributed by atoms with Gasteiger partial charge in [-0.05, 0) is 86.7 Å². The molecule has 0 saturated carbocycles. The molecule has 0 radical (unpaired) electrons. The van der Waals surface area contributed by atoms with Gasteiger partial charge in [0.2, 0.25) is 0 Å². The second kappa shape index (κ2) is 10.7. The minimum Gasteiger partial charge on any atom is -0.493 e. The van der Waals surface area contributed by atoms with Crippen molar-refractivity contribution in [1.82, 2.24) is 19.4 Å². The van der Waals surface area contributed by atoms with Crippen molar-refractivity contribution in [2.45, 2.75) is 76.5 Å². The van der Waals surface area contributed by atoms with Crippen molar-refractivity contribution in [2.24, 2.45) is 0 Å². The van der Waals surface area contributed by atoms with Crippen LogP contribution in [0.1, 0.15) is 73.2 Å². The van der Waals surface area contributed by atoms with Gasteiger partial charge in [0.05, 0.1) is 25.8 Å². The predicted molar refractivity (Wildman–Crippen MR) is 163 cm³/mol. The Bertz CT molecular complexity index is 1550. The summed E-state index contributed by atoms with van der Waals surface area (Å²) in [5, 5.41) is 0.773. The van der Waals surface area contributed by atoms with Crippen LogP contribution in [-0.4, -0.2) is 51.8 Å². The van der Waals surface area contributed by atoms with Gasteiger partial charge in [-0.25, -0.2) is 9.97 Å². The second-order valence-corrected chi connectivity index (χ2v) is 13.1. The van der Waals surface area contributed by atoms with Gasteiger partial charge in [0.1, 0.15) is 17.1 Å². The maximum atomic E-state index is 6.41. The Morgan fingerprint density at radius 1 is 0.976 bits per heavy atom. The normalized spacial score (nSPS) is 22.7. The van der Waals surface area contributed by atoms with Crippen LogP contribution in [0.4, 0.5) is 0 Å². The number of aryl methyl sites for hydroxylation is 1. The highest BCUT2D eigenvalue weighted by Gasteiger charge is 2.42. The van der Waals surface area contributed by atoms with Crippen LogP contribution in [0.15, 0.2) is 54.6 Å². The highest BCUT2D eigenvalue weighted by molar-refractivity contribution is 6.30. The lowest BCUT2D eigenvalue weighted by Gasteiger charge is -2.43. The van der Waals surface area contributed by atoms with Crippen LogP contribution in [0.2, 0.25) is 5.02 Å². The van der Waals surface area contributed by atoms with E-state index in [-0.39, 0.29) is 17.4 Å². The van der Waals surface area contributed by atoms with Gasteiger partial charge in [0.25, 0.3) is 0 Å². The molecule has 2 aromatic carbocycles. The van der Waals surface area contributed by atoms with Crippen molar-refractivity contribution in [3.63, 3.8) is 0 Å². The molecule has 7 heteroatoms. The third-order valence-electron chi connectivity index (χ3n) is 9.63. The molecule has 2 saturated heterocycles. The first kappa shape index (κ1) is 26.9. The molecule has 5 heterocycles. The molecule has 2 unspecified atom stereocenters. The van der Waals surface area contributed by atoms with Gasteiger partial charge < -0.3 is 14.0 Å². The predicted octanol–water partition coefficient (Wildman–Crippen LogP) is 7.02. The van der Waals surface area contributed by atoms with E-state index in [4.69, 9.17) is 31.0 Å². The summed E-state index contributed by atoms with van der Waals surface area (Å²) in [7, 11) is 0. The van der Waals surface area contributed by atoms with E-state index in [9.17, 15) is 0 Å². The fourth-order valence-corrected chi connectivity index (χ4v) is 7.28. The zero-order chi connectivity index (χ0) is 28.1. The third kappa shape index (κ3) is 5.04. The lowest BCUT2D eigenvalue weighted by molar-refractivity contribution is -0.0593. The number of imidazole rings is 1. The number of hydrogen-bond donors (Lipinski definition) is 0. The minimum absolute atomic E-state index is 0.0469. The Morgan fingerprint density at radius 2 is 1.76 bits per heavy atom.